The van der Waals surface area contributed by atoms with Gasteiger partial charge >= 0.3 is 0 Å². The fourth-order valence-electron chi connectivity index (χ4n) is 0.771. The van der Waals surface area contributed by atoms with Gasteiger partial charge in [0.2, 0.25) is 0 Å². The maximum absolute atomic E-state index is 8.68. The standard InChI is InChI=1S/C8H5Br2NO/c1-12-8-2-5(4-11)6(9)3-7(8)10/h2-3H,1H3. The van der Waals surface area contributed by atoms with E-state index < -0.39 is 0 Å². The highest BCUT2D eigenvalue weighted by atomic mass is 79.9. The first-order valence-corrected chi connectivity index (χ1v) is 4.70. The summed E-state index contributed by atoms with van der Waals surface area (Å²) in [7, 11) is 1.56. The molecule has 62 valence electrons. The second-order valence-electron chi connectivity index (χ2n) is 2.08. The van der Waals surface area contributed by atoms with Crippen molar-refractivity contribution < 1.29 is 4.74 Å². The average Bonchev–Trinajstić information content (AvgIpc) is 2.05. The van der Waals surface area contributed by atoms with Gasteiger partial charge < -0.3 is 4.74 Å². The monoisotopic (exact) mass is 289 g/mol. The minimum Gasteiger partial charge on any atom is -0.496 e. The van der Waals surface area contributed by atoms with E-state index in [0.717, 1.165) is 8.95 Å². The maximum atomic E-state index is 8.68. The number of ether oxygens (including phenoxy) is 1. The van der Waals surface area contributed by atoms with E-state index in [-0.39, 0.29) is 0 Å². The second kappa shape index (κ2) is 3.92. The predicted molar refractivity (Wildman–Crippen MR) is 53.1 cm³/mol. The molecule has 0 bridgehead atoms. The molecule has 0 spiro atoms. The molecule has 0 saturated heterocycles. The van der Waals surface area contributed by atoms with Gasteiger partial charge in [-0.15, -0.1) is 0 Å². The highest BCUT2D eigenvalue weighted by Crippen LogP contribution is 2.30. The maximum Gasteiger partial charge on any atom is 0.134 e. The highest BCUT2D eigenvalue weighted by Gasteiger charge is 2.05. The van der Waals surface area contributed by atoms with Crippen LogP contribution in [0.5, 0.6) is 5.75 Å². The summed E-state index contributed by atoms with van der Waals surface area (Å²) in [5.41, 5.74) is 0.565. The number of hydrogen-bond donors (Lipinski definition) is 0. The van der Waals surface area contributed by atoms with Crippen LogP contribution in [0.4, 0.5) is 0 Å². The summed E-state index contributed by atoms with van der Waals surface area (Å²) in [5.74, 6) is 0.662. The van der Waals surface area contributed by atoms with Crippen LogP contribution in [0.1, 0.15) is 5.56 Å². The topological polar surface area (TPSA) is 33.0 Å². The van der Waals surface area contributed by atoms with E-state index in [0.29, 0.717) is 11.3 Å². The van der Waals surface area contributed by atoms with E-state index in [9.17, 15) is 0 Å². The zero-order valence-corrected chi connectivity index (χ0v) is 9.44. The first-order valence-electron chi connectivity index (χ1n) is 3.12. The molecule has 0 aliphatic rings. The molecule has 0 unspecified atom stereocenters. The van der Waals surface area contributed by atoms with Gasteiger partial charge in [-0.25, -0.2) is 0 Å². The van der Waals surface area contributed by atoms with Crippen LogP contribution in [0.15, 0.2) is 21.1 Å². The van der Waals surface area contributed by atoms with Gasteiger partial charge in [0.25, 0.3) is 0 Å². The lowest BCUT2D eigenvalue weighted by Crippen LogP contribution is -1.86. The van der Waals surface area contributed by atoms with E-state index in [1.165, 1.54) is 0 Å². The third-order valence-corrected chi connectivity index (χ3v) is 2.64. The van der Waals surface area contributed by atoms with Crippen LogP contribution in [0.25, 0.3) is 0 Å². The number of halogens is 2. The SMILES string of the molecule is COc1cc(C#N)c(Br)cc1Br. The Balaban J connectivity index is 3.30. The van der Waals surface area contributed by atoms with Crippen LogP contribution in [0, 0.1) is 11.3 Å². The molecule has 1 aromatic carbocycles. The van der Waals surface area contributed by atoms with E-state index in [1.807, 2.05) is 6.07 Å². The number of nitriles is 1. The summed E-state index contributed by atoms with van der Waals surface area (Å²) in [6, 6.07) is 5.51. The first kappa shape index (κ1) is 9.56. The normalized spacial score (nSPS) is 9.17. The summed E-state index contributed by atoms with van der Waals surface area (Å²) in [6.45, 7) is 0. The highest BCUT2D eigenvalue weighted by molar-refractivity contribution is 9.11. The summed E-state index contributed by atoms with van der Waals surface area (Å²) in [4.78, 5) is 0. The van der Waals surface area contributed by atoms with Crippen molar-refractivity contribution in [3.8, 4) is 11.8 Å². The van der Waals surface area contributed by atoms with Gasteiger partial charge in [0, 0.05) is 10.5 Å². The molecule has 4 heteroatoms. The van der Waals surface area contributed by atoms with Crippen molar-refractivity contribution >= 4 is 31.9 Å². The number of nitrogens with zero attached hydrogens (tertiary/aromatic N) is 1. The molecule has 0 fully saturated rings. The molecule has 0 aromatic heterocycles. The molecule has 0 amide bonds. The van der Waals surface area contributed by atoms with Crippen LogP contribution < -0.4 is 4.74 Å². The van der Waals surface area contributed by atoms with Gasteiger partial charge in [-0.05, 0) is 37.9 Å². The second-order valence-corrected chi connectivity index (χ2v) is 3.79. The summed E-state index contributed by atoms with van der Waals surface area (Å²) in [6.07, 6.45) is 0. The summed E-state index contributed by atoms with van der Waals surface area (Å²) < 4.78 is 6.61. The Morgan fingerprint density at radius 1 is 1.33 bits per heavy atom. The van der Waals surface area contributed by atoms with Gasteiger partial charge in [-0.2, -0.15) is 5.26 Å². The van der Waals surface area contributed by atoms with Gasteiger partial charge in [0.05, 0.1) is 17.1 Å². The largest absolute Gasteiger partial charge is 0.496 e. The van der Waals surface area contributed by atoms with E-state index in [4.69, 9.17) is 10.00 Å². The molecule has 1 aromatic rings. The van der Waals surface area contributed by atoms with Crippen molar-refractivity contribution in [1.82, 2.24) is 0 Å². The van der Waals surface area contributed by atoms with Gasteiger partial charge in [0.15, 0.2) is 0 Å². The predicted octanol–water partition coefficient (Wildman–Crippen LogP) is 3.09. The molecular weight excluding hydrogens is 286 g/mol. The van der Waals surface area contributed by atoms with Crippen molar-refractivity contribution in [2.75, 3.05) is 7.11 Å². The van der Waals surface area contributed by atoms with Crippen molar-refractivity contribution in [1.29, 1.82) is 5.26 Å². The first-order chi connectivity index (χ1) is 5.69. The molecule has 0 atom stereocenters. The van der Waals surface area contributed by atoms with E-state index in [1.54, 1.807) is 19.2 Å². The molecule has 0 radical (unpaired) electrons. The van der Waals surface area contributed by atoms with Crippen molar-refractivity contribution in [3.05, 3.63) is 26.6 Å². The molecule has 0 N–H and O–H groups in total. The number of hydrogen-bond acceptors (Lipinski definition) is 2. The molecular formula is C8H5Br2NO. The van der Waals surface area contributed by atoms with Gasteiger partial charge in [-0.1, -0.05) is 0 Å². The lowest BCUT2D eigenvalue weighted by molar-refractivity contribution is 0.412. The number of methoxy groups -OCH3 is 1. The lowest BCUT2D eigenvalue weighted by Gasteiger charge is -2.03. The van der Waals surface area contributed by atoms with Crippen LogP contribution in [0.3, 0.4) is 0 Å². The molecule has 12 heavy (non-hydrogen) atoms. The van der Waals surface area contributed by atoms with Crippen LogP contribution in [-0.2, 0) is 0 Å². The molecule has 0 aliphatic carbocycles. The molecule has 2 nitrogen and oxygen atoms in total. The Bertz CT molecular complexity index is 344. The van der Waals surface area contributed by atoms with Gasteiger partial charge in [0.1, 0.15) is 11.8 Å². The minimum atomic E-state index is 0.565. The molecule has 1 rings (SSSR count). The quantitative estimate of drug-likeness (QED) is 0.796. The fourth-order valence-corrected chi connectivity index (χ4v) is 2.02. The summed E-state index contributed by atoms with van der Waals surface area (Å²) >= 11 is 6.57. The third kappa shape index (κ3) is 1.79. The Morgan fingerprint density at radius 3 is 2.50 bits per heavy atom. The molecule has 0 saturated carbocycles. The Labute approximate surface area is 87.4 Å². The molecule has 0 aliphatic heterocycles. The molecule has 0 heterocycles. The van der Waals surface area contributed by atoms with Crippen molar-refractivity contribution in [2.45, 2.75) is 0 Å². The van der Waals surface area contributed by atoms with Crippen LogP contribution in [0.2, 0.25) is 0 Å². The summed E-state index contributed by atoms with van der Waals surface area (Å²) in [5, 5.41) is 8.68. The van der Waals surface area contributed by atoms with E-state index in [2.05, 4.69) is 31.9 Å². The zero-order valence-electron chi connectivity index (χ0n) is 6.27. The van der Waals surface area contributed by atoms with Gasteiger partial charge in [-0.3, -0.25) is 0 Å². The van der Waals surface area contributed by atoms with Crippen molar-refractivity contribution in [3.63, 3.8) is 0 Å². The Kier molecular flexibility index (Phi) is 3.12. The number of rotatable bonds is 1. The Morgan fingerprint density at radius 2 is 2.00 bits per heavy atom. The van der Waals surface area contributed by atoms with E-state index >= 15 is 0 Å². The Hall–Kier alpha value is -0.530. The zero-order chi connectivity index (χ0) is 9.14. The van der Waals surface area contributed by atoms with Crippen molar-refractivity contribution in [2.24, 2.45) is 0 Å². The minimum absolute atomic E-state index is 0.565. The third-order valence-electron chi connectivity index (χ3n) is 1.36. The average molecular weight is 291 g/mol. The van der Waals surface area contributed by atoms with Crippen LogP contribution in [-0.4, -0.2) is 7.11 Å². The number of benzene rings is 1. The van der Waals surface area contributed by atoms with Crippen LogP contribution >= 0.6 is 31.9 Å². The fraction of sp³-hybridized carbons (Fsp3) is 0.125. The lowest BCUT2D eigenvalue weighted by atomic mass is 10.2. The smallest absolute Gasteiger partial charge is 0.134 e.